The van der Waals surface area contributed by atoms with Crippen molar-refractivity contribution in [1.29, 1.82) is 0 Å². The Balaban J connectivity index is 1.49. The molecule has 0 fully saturated rings. The van der Waals surface area contributed by atoms with Crippen LogP contribution in [0.2, 0.25) is 0 Å². The Morgan fingerprint density at radius 3 is 2.90 bits per heavy atom. The van der Waals surface area contributed by atoms with Gasteiger partial charge in [0.2, 0.25) is 5.96 Å². The number of nitrogens with zero attached hydrogens (tertiary/aromatic N) is 4. The molecule has 0 bridgehead atoms. The van der Waals surface area contributed by atoms with Crippen molar-refractivity contribution in [2.75, 3.05) is 32.7 Å². The molecule has 0 radical (unpaired) electrons. The molecule has 0 aromatic heterocycles. The second kappa shape index (κ2) is 10.8. The average molecular weight is 437 g/mol. The Morgan fingerprint density at radius 1 is 1.27 bits per heavy atom. The molecule has 1 aliphatic carbocycles. The first-order valence-corrected chi connectivity index (χ1v) is 11.8. The lowest BCUT2D eigenvalue weighted by Crippen LogP contribution is -2.41. The van der Waals surface area contributed by atoms with Crippen LogP contribution in [-0.2, 0) is 23.1 Å². The molecule has 2 unspecified atom stereocenters. The highest BCUT2D eigenvalue weighted by molar-refractivity contribution is 7.53. The van der Waals surface area contributed by atoms with E-state index in [4.69, 9.17) is 19.5 Å². The van der Waals surface area contributed by atoms with E-state index in [0.29, 0.717) is 19.0 Å². The van der Waals surface area contributed by atoms with Crippen molar-refractivity contribution < 1.29 is 23.1 Å². The fourth-order valence-corrected chi connectivity index (χ4v) is 4.29. The van der Waals surface area contributed by atoms with E-state index in [1.165, 1.54) is 6.34 Å². The second-order valence-electron chi connectivity index (χ2n) is 7.01. The summed E-state index contributed by atoms with van der Waals surface area (Å²) in [6.07, 6.45) is 11.1. The number of carbonyl (C=O) groups excluding carboxylic acids is 1. The van der Waals surface area contributed by atoms with Gasteiger partial charge < -0.3 is 24.4 Å². The standard InChI is InChI=1S/C19H28N5O5P/c1-2-3-10-28-30(26,29-12-15-7-5-4-6-8-15)14-27-11-9-24-13-21-16-17(24)22-19(20)23-18(16)25/h5,7-8,13,16H,2-4,6,9-12,14H2,1H3,(H2,20,23,25). The number of allylic oxidation sites excluding steroid dienone is 2. The van der Waals surface area contributed by atoms with Crippen LogP contribution in [0.15, 0.2) is 38.8 Å². The molecule has 2 heterocycles. The first-order valence-electron chi connectivity index (χ1n) is 10.1. The number of amides is 1. The van der Waals surface area contributed by atoms with Crippen LogP contribution in [0.4, 0.5) is 0 Å². The van der Waals surface area contributed by atoms with Crippen LogP contribution in [-0.4, -0.2) is 67.7 Å². The van der Waals surface area contributed by atoms with Crippen molar-refractivity contribution in [3.8, 4) is 0 Å². The van der Waals surface area contributed by atoms with Gasteiger partial charge >= 0.3 is 7.60 Å². The van der Waals surface area contributed by atoms with Crippen molar-refractivity contribution in [3.63, 3.8) is 0 Å². The van der Waals surface area contributed by atoms with Gasteiger partial charge in [0.25, 0.3) is 5.91 Å². The summed E-state index contributed by atoms with van der Waals surface area (Å²) in [7, 11) is -3.40. The number of ether oxygens (including phenoxy) is 1. The molecule has 164 valence electrons. The first kappa shape index (κ1) is 22.6. The molecule has 3 aliphatic rings. The van der Waals surface area contributed by atoms with Gasteiger partial charge in [-0.05, 0) is 24.8 Å². The summed E-state index contributed by atoms with van der Waals surface area (Å²) in [5, 5.41) is 0. The summed E-state index contributed by atoms with van der Waals surface area (Å²) in [6.45, 7) is 3.19. The maximum atomic E-state index is 13.1. The highest BCUT2D eigenvalue weighted by Gasteiger charge is 2.35. The number of nitrogens with two attached hydrogens (primary N) is 1. The summed E-state index contributed by atoms with van der Waals surface area (Å²) >= 11 is 0. The molecule has 0 spiro atoms. The van der Waals surface area contributed by atoms with Crippen molar-refractivity contribution in [3.05, 3.63) is 23.8 Å². The molecular formula is C19H28N5O5P. The molecule has 2 aliphatic heterocycles. The predicted molar refractivity (Wildman–Crippen MR) is 115 cm³/mol. The van der Waals surface area contributed by atoms with Crippen LogP contribution in [0.5, 0.6) is 0 Å². The Morgan fingerprint density at radius 2 is 2.13 bits per heavy atom. The van der Waals surface area contributed by atoms with Crippen LogP contribution < -0.4 is 5.73 Å². The smallest absolute Gasteiger partial charge is 0.356 e. The van der Waals surface area contributed by atoms with E-state index < -0.39 is 19.5 Å². The summed E-state index contributed by atoms with van der Waals surface area (Å²) < 4.78 is 29.9. The number of rotatable bonds is 12. The molecular weight excluding hydrogens is 409 g/mol. The SMILES string of the molecule is CCCCOP(=O)(COCCN1C=NC2C(=O)N=C(N)N=C21)OCC1=CCCC=C1. The number of hydrogen-bond acceptors (Lipinski definition) is 9. The van der Waals surface area contributed by atoms with E-state index >= 15 is 0 Å². The van der Waals surface area contributed by atoms with E-state index in [9.17, 15) is 9.36 Å². The molecule has 2 N–H and O–H groups in total. The van der Waals surface area contributed by atoms with Crippen molar-refractivity contribution in [1.82, 2.24) is 4.90 Å². The summed E-state index contributed by atoms with van der Waals surface area (Å²) in [5.74, 6) is -0.104. The zero-order valence-corrected chi connectivity index (χ0v) is 18.0. The normalized spacial score (nSPS) is 22.4. The van der Waals surface area contributed by atoms with Gasteiger partial charge in [-0.3, -0.25) is 14.4 Å². The summed E-state index contributed by atoms with van der Waals surface area (Å²) in [5.41, 5.74) is 6.54. The van der Waals surface area contributed by atoms with Gasteiger partial charge in [-0.15, -0.1) is 0 Å². The van der Waals surface area contributed by atoms with Gasteiger partial charge in [0, 0.05) is 6.54 Å². The molecule has 0 aromatic carbocycles. The zero-order chi connectivity index (χ0) is 21.4. The van der Waals surface area contributed by atoms with Gasteiger partial charge in [0.05, 0.1) is 26.2 Å². The van der Waals surface area contributed by atoms with E-state index in [-0.39, 0.29) is 25.5 Å². The second-order valence-corrected chi connectivity index (χ2v) is 9.00. The molecule has 10 nitrogen and oxygen atoms in total. The van der Waals surface area contributed by atoms with Crippen molar-refractivity contribution in [2.45, 2.75) is 38.6 Å². The van der Waals surface area contributed by atoms with Crippen LogP contribution in [0.25, 0.3) is 0 Å². The van der Waals surface area contributed by atoms with E-state index in [1.807, 2.05) is 13.0 Å². The number of guanidine groups is 1. The fourth-order valence-electron chi connectivity index (χ4n) is 2.96. The molecule has 11 heteroatoms. The number of unbranched alkanes of at least 4 members (excludes halogenated alkanes) is 1. The number of carbonyl (C=O) groups is 1. The van der Waals surface area contributed by atoms with E-state index in [2.05, 4.69) is 27.1 Å². The Hall–Kier alpha value is -2.13. The fraction of sp³-hybridized carbons (Fsp3) is 0.579. The van der Waals surface area contributed by atoms with Crippen LogP contribution in [0, 0.1) is 0 Å². The minimum Gasteiger partial charge on any atom is -0.368 e. The van der Waals surface area contributed by atoms with Gasteiger partial charge in [0.1, 0.15) is 12.2 Å². The Labute approximate surface area is 176 Å². The maximum Gasteiger partial charge on any atom is 0.356 e. The minimum atomic E-state index is -3.40. The molecule has 3 rings (SSSR count). The predicted octanol–water partition coefficient (Wildman–Crippen LogP) is 2.23. The number of aliphatic imine (C=N–C) groups is 3. The Bertz CT molecular complexity index is 835. The molecule has 2 atom stereocenters. The van der Waals surface area contributed by atoms with Crippen molar-refractivity contribution in [2.24, 2.45) is 20.7 Å². The Kier molecular flexibility index (Phi) is 8.09. The summed E-state index contributed by atoms with van der Waals surface area (Å²) in [6, 6.07) is -0.749. The zero-order valence-electron chi connectivity index (χ0n) is 17.1. The van der Waals surface area contributed by atoms with E-state index in [1.54, 1.807) is 4.90 Å². The maximum absolute atomic E-state index is 13.1. The lowest BCUT2D eigenvalue weighted by molar-refractivity contribution is -0.117. The monoisotopic (exact) mass is 437 g/mol. The number of amidine groups is 1. The molecule has 0 aromatic rings. The largest absolute Gasteiger partial charge is 0.368 e. The lowest BCUT2D eigenvalue weighted by atomic mass is 10.1. The highest BCUT2D eigenvalue weighted by atomic mass is 31.2. The third-order valence-electron chi connectivity index (χ3n) is 4.59. The van der Waals surface area contributed by atoms with Gasteiger partial charge in [-0.2, -0.15) is 9.98 Å². The summed E-state index contributed by atoms with van der Waals surface area (Å²) in [4.78, 5) is 25.3. The number of hydrogen-bond donors (Lipinski definition) is 1. The molecule has 0 saturated carbocycles. The molecule has 0 saturated heterocycles. The van der Waals surface area contributed by atoms with Crippen LogP contribution in [0.1, 0.15) is 32.6 Å². The lowest BCUT2D eigenvalue weighted by Gasteiger charge is -2.21. The minimum absolute atomic E-state index is 0.0871. The first-order chi connectivity index (χ1) is 14.5. The average Bonchev–Trinajstić information content (AvgIpc) is 3.14. The van der Waals surface area contributed by atoms with Crippen LogP contribution in [0.3, 0.4) is 0 Å². The topological polar surface area (TPSA) is 128 Å². The third-order valence-corrected chi connectivity index (χ3v) is 6.19. The molecule has 1 amide bonds. The number of fused-ring (bicyclic) bond motifs is 1. The van der Waals surface area contributed by atoms with Crippen LogP contribution >= 0.6 is 7.60 Å². The van der Waals surface area contributed by atoms with Crippen molar-refractivity contribution >= 4 is 31.6 Å². The highest BCUT2D eigenvalue weighted by Crippen LogP contribution is 2.48. The third kappa shape index (κ3) is 6.18. The molecule has 30 heavy (non-hydrogen) atoms. The van der Waals surface area contributed by atoms with Gasteiger partial charge in [-0.1, -0.05) is 31.6 Å². The van der Waals surface area contributed by atoms with Gasteiger partial charge in [0.15, 0.2) is 6.04 Å². The quantitative estimate of drug-likeness (QED) is 0.366. The van der Waals surface area contributed by atoms with Gasteiger partial charge in [-0.25, -0.2) is 0 Å². The van der Waals surface area contributed by atoms with E-state index in [0.717, 1.165) is 31.3 Å².